The number of nitrogens with one attached hydrogen (secondary N) is 2. The lowest BCUT2D eigenvalue weighted by atomic mass is 10.1. The van der Waals surface area contributed by atoms with E-state index in [2.05, 4.69) is 20.3 Å². The molecule has 130 valence electrons. The van der Waals surface area contributed by atoms with E-state index in [1.807, 2.05) is 24.3 Å². The molecule has 4 rings (SSSR count). The van der Waals surface area contributed by atoms with Gasteiger partial charge in [-0.15, -0.1) is 11.3 Å². The number of para-hydroxylation sites is 1. The quantitative estimate of drug-likeness (QED) is 0.669. The smallest absolute Gasteiger partial charge is 0.263 e. The minimum atomic E-state index is -0.175. The van der Waals surface area contributed by atoms with Gasteiger partial charge in [0.05, 0.1) is 10.2 Å². The third-order valence-electron chi connectivity index (χ3n) is 4.69. The van der Waals surface area contributed by atoms with E-state index in [0.29, 0.717) is 28.1 Å². The average molecular weight is 356 g/mol. The maximum Gasteiger partial charge on any atom is 0.263 e. The molecule has 0 saturated heterocycles. The number of anilines is 1. The summed E-state index contributed by atoms with van der Waals surface area (Å²) in [5.74, 6) is 1.49. The molecule has 3 aromatic rings. The van der Waals surface area contributed by atoms with Gasteiger partial charge in [-0.1, -0.05) is 12.1 Å². The third-order valence-corrected chi connectivity index (χ3v) is 5.74. The molecule has 0 radical (unpaired) electrons. The van der Waals surface area contributed by atoms with Crippen LogP contribution in [0.25, 0.3) is 20.8 Å². The average Bonchev–Trinajstić information content (AvgIpc) is 3.20. The van der Waals surface area contributed by atoms with Crippen molar-refractivity contribution in [2.75, 3.05) is 11.9 Å². The molecule has 2 atom stereocenters. The summed E-state index contributed by atoms with van der Waals surface area (Å²) in [5.41, 5.74) is 1.21. The van der Waals surface area contributed by atoms with Gasteiger partial charge in [0, 0.05) is 12.6 Å². The van der Waals surface area contributed by atoms with Crippen LogP contribution < -0.4 is 10.9 Å². The van der Waals surface area contributed by atoms with Crippen LogP contribution in [0.4, 0.5) is 5.82 Å². The predicted octanol–water partition coefficient (Wildman–Crippen LogP) is 2.93. The standard InChI is InChI=1S/C18H20N4O2S/c1-10-19-16(21-12-7-6-11(8-12)9-23)15(17(24)20-10)18-22-13-4-2-3-5-14(13)25-18/h2-5,11-12,23H,6-9H2,1H3,(H2,19,20,21,24). The first-order valence-electron chi connectivity index (χ1n) is 8.48. The molecule has 1 aliphatic carbocycles. The first-order chi connectivity index (χ1) is 12.1. The Labute approximate surface area is 149 Å². The summed E-state index contributed by atoms with van der Waals surface area (Å²) in [7, 11) is 0. The molecule has 0 bridgehead atoms. The van der Waals surface area contributed by atoms with Crippen molar-refractivity contribution in [2.24, 2.45) is 5.92 Å². The fourth-order valence-electron chi connectivity index (χ4n) is 3.43. The molecule has 1 saturated carbocycles. The van der Waals surface area contributed by atoms with Crippen molar-refractivity contribution in [3.05, 3.63) is 40.4 Å². The van der Waals surface area contributed by atoms with Gasteiger partial charge in [0.25, 0.3) is 5.56 Å². The van der Waals surface area contributed by atoms with Gasteiger partial charge in [-0.3, -0.25) is 4.79 Å². The van der Waals surface area contributed by atoms with Crippen molar-refractivity contribution in [1.29, 1.82) is 0 Å². The topological polar surface area (TPSA) is 90.9 Å². The Morgan fingerprint density at radius 1 is 1.32 bits per heavy atom. The number of fused-ring (bicyclic) bond motifs is 1. The lowest BCUT2D eigenvalue weighted by molar-refractivity contribution is 0.229. The first-order valence-corrected chi connectivity index (χ1v) is 9.30. The highest BCUT2D eigenvalue weighted by Gasteiger charge is 2.26. The van der Waals surface area contributed by atoms with Crippen molar-refractivity contribution < 1.29 is 5.11 Å². The normalized spacial score (nSPS) is 20.2. The molecule has 0 aliphatic heterocycles. The maximum absolute atomic E-state index is 12.6. The third kappa shape index (κ3) is 3.17. The lowest BCUT2D eigenvalue weighted by Gasteiger charge is -2.15. The lowest BCUT2D eigenvalue weighted by Crippen LogP contribution is -2.22. The van der Waals surface area contributed by atoms with E-state index in [-0.39, 0.29) is 18.2 Å². The summed E-state index contributed by atoms with van der Waals surface area (Å²) in [5, 5.41) is 13.4. The maximum atomic E-state index is 12.6. The molecule has 2 aromatic heterocycles. The Morgan fingerprint density at radius 3 is 2.92 bits per heavy atom. The van der Waals surface area contributed by atoms with Crippen molar-refractivity contribution >= 4 is 27.4 Å². The molecule has 0 amide bonds. The van der Waals surface area contributed by atoms with E-state index in [4.69, 9.17) is 0 Å². The largest absolute Gasteiger partial charge is 0.396 e. The van der Waals surface area contributed by atoms with Gasteiger partial charge in [-0.2, -0.15) is 0 Å². The molecule has 0 spiro atoms. The Hall–Kier alpha value is -2.25. The second-order valence-corrected chi connectivity index (χ2v) is 7.60. The van der Waals surface area contributed by atoms with E-state index in [1.54, 1.807) is 6.92 Å². The number of aromatic amines is 1. The van der Waals surface area contributed by atoms with Crippen LogP contribution in [0.5, 0.6) is 0 Å². The number of aliphatic hydroxyl groups is 1. The highest BCUT2D eigenvalue weighted by atomic mass is 32.1. The molecular weight excluding hydrogens is 336 g/mol. The Morgan fingerprint density at radius 2 is 2.16 bits per heavy atom. The number of aromatic nitrogens is 3. The van der Waals surface area contributed by atoms with Crippen molar-refractivity contribution in [2.45, 2.75) is 32.2 Å². The molecule has 1 fully saturated rings. The number of H-pyrrole nitrogens is 1. The molecule has 2 unspecified atom stereocenters. The van der Waals surface area contributed by atoms with Gasteiger partial charge < -0.3 is 15.4 Å². The fourth-order valence-corrected chi connectivity index (χ4v) is 4.44. The number of hydrogen-bond acceptors (Lipinski definition) is 6. The second-order valence-electron chi connectivity index (χ2n) is 6.56. The highest BCUT2D eigenvalue weighted by Crippen LogP contribution is 2.33. The molecule has 6 nitrogen and oxygen atoms in total. The van der Waals surface area contributed by atoms with Crippen LogP contribution in [0.3, 0.4) is 0 Å². The molecular formula is C18H20N4O2S. The fraction of sp³-hybridized carbons (Fsp3) is 0.389. The Bertz CT molecular complexity index is 932. The summed E-state index contributed by atoms with van der Waals surface area (Å²) in [6, 6.07) is 8.08. The molecule has 7 heteroatoms. The number of rotatable bonds is 4. The molecule has 3 N–H and O–H groups in total. The van der Waals surface area contributed by atoms with Gasteiger partial charge in [0.15, 0.2) is 0 Å². The van der Waals surface area contributed by atoms with Crippen molar-refractivity contribution in [3.63, 3.8) is 0 Å². The van der Waals surface area contributed by atoms with E-state index in [9.17, 15) is 9.90 Å². The van der Waals surface area contributed by atoms with Crippen LogP contribution >= 0.6 is 11.3 Å². The second kappa shape index (κ2) is 6.57. The molecule has 2 heterocycles. The zero-order valence-electron chi connectivity index (χ0n) is 14.0. The van der Waals surface area contributed by atoms with Gasteiger partial charge in [-0.05, 0) is 44.2 Å². The number of aryl methyl sites for hydroxylation is 1. The van der Waals surface area contributed by atoms with Crippen molar-refractivity contribution in [1.82, 2.24) is 15.0 Å². The van der Waals surface area contributed by atoms with Crippen LogP contribution in [0.1, 0.15) is 25.1 Å². The summed E-state index contributed by atoms with van der Waals surface area (Å²) < 4.78 is 1.05. The Kier molecular flexibility index (Phi) is 4.27. The number of aliphatic hydroxyl groups excluding tert-OH is 1. The zero-order chi connectivity index (χ0) is 17.4. The highest BCUT2D eigenvalue weighted by molar-refractivity contribution is 7.21. The van der Waals surface area contributed by atoms with Gasteiger partial charge in [0.2, 0.25) is 0 Å². The van der Waals surface area contributed by atoms with Crippen LogP contribution in [0.15, 0.2) is 29.1 Å². The minimum absolute atomic E-state index is 0.175. The van der Waals surface area contributed by atoms with Crippen LogP contribution in [0.2, 0.25) is 0 Å². The summed E-state index contributed by atoms with van der Waals surface area (Å²) in [6.45, 7) is 1.99. The summed E-state index contributed by atoms with van der Waals surface area (Å²) in [6.07, 6.45) is 2.86. The monoisotopic (exact) mass is 356 g/mol. The zero-order valence-corrected chi connectivity index (χ0v) is 14.8. The molecule has 1 aromatic carbocycles. The molecule has 25 heavy (non-hydrogen) atoms. The summed E-state index contributed by atoms with van der Waals surface area (Å²) in [4.78, 5) is 24.6. The van der Waals surface area contributed by atoms with Gasteiger partial charge >= 0.3 is 0 Å². The van der Waals surface area contributed by atoms with Gasteiger partial charge in [0.1, 0.15) is 22.2 Å². The van der Waals surface area contributed by atoms with E-state index in [1.165, 1.54) is 11.3 Å². The SMILES string of the molecule is Cc1nc(NC2CCC(CO)C2)c(-c2nc3ccccc3s2)c(=O)[nH]1. The summed E-state index contributed by atoms with van der Waals surface area (Å²) >= 11 is 1.50. The predicted molar refractivity (Wildman–Crippen MR) is 100 cm³/mol. The van der Waals surface area contributed by atoms with Crippen LogP contribution in [-0.2, 0) is 0 Å². The van der Waals surface area contributed by atoms with Crippen LogP contribution in [-0.4, -0.2) is 32.7 Å². The van der Waals surface area contributed by atoms with Crippen LogP contribution in [0, 0.1) is 12.8 Å². The van der Waals surface area contributed by atoms with E-state index >= 15 is 0 Å². The number of thiazole rings is 1. The minimum Gasteiger partial charge on any atom is -0.396 e. The van der Waals surface area contributed by atoms with E-state index < -0.39 is 0 Å². The number of benzene rings is 1. The van der Waals surface area contributed by atoms with Gasteiger partial charge in [-0.25, -0.2) is 9.97 Å². The number of nitrogens with zero attached hydrogens (tertiary/aromatic N) is 2. The van der Waals surface area contributed by atoms with E-state index in [0.717, 1.165) is 29.5 Å². The first kappa shape index (κ1) is 16.2. The molecule has 1 aliphatic rings. The Balaban J connectivity index is 1.75. The number of hydrogen-bond donors (Lipinski definition) is 3. The van der Waals surface area contributed by atoms with Crippen molar-refractivity contribution in [3.8, 4) is 10.6 Å².